The zero-order valence-electron chi connectivity index (χ0n) is 17.5. The summed E-state index contributed by atoms with van der Waals surface area (Å²) in [6, 6.07) is 23.8. The second-order valence-corrected chi connectivity index (χ2v) is 8.01. The fourth-order valence-electron chi connectivity index (χ4n) is 3.15. The van der Waals surface area contributed by atoms with Gasteiger partial charge >= 0.3 is 0 Å². The van der Waals surface area contributed by atoms with E-state index in [0.717, 1.165) is 22.5 Å². The third-order valence-corrected chi connectivity index (χ3v) is 5.86. The Morgan fingerprint density at radius 1 is 0.969 bits per heavy atom. The molecule has 162 valence electrons. The number of halogens is 1. The Labute approximate surface area is 189 Å². The molecule has 0 aliphatic heterocycles. The molecule has 0 saturated carbocycles. The van der Waals surface area contributed by atoms with Crippen LogP contribution in [0.5, 0.6) is 0 Å². The third-order valence-electron chi connectivity index (χ3n) is 4.84. The first-order chi connectivity index (χ1) is 15.6. The van der Waals surface area contributed by atoms with Crippen LogP contribution in [0.1, 0.15) is 5.82 Å². The topological polar surface area (TPSA) is 71.8 Å². The van der Waals surface area contributed by atoms with E-state index in [9.17, 15) is 9.18 Å². The predicted octanol–water partition coefficient (Wildman–Crippen LogP) is 4.96. The van der Waals surface area contributed by atoms with Gasteiger partial charge in [-0.2, -0.15) is 0 Å². The monoisotopic (exact) mass is 447 g/mol. The van der Waals surface area contributed by atoms with E-state index in [-0.39, 0.29) is 17.5 Å². The molecule has 32 heavy (non-hydrogen) atoms. The molecular formula is C24H22FN5OS. The highest BCUT2D eigenvalue weighted by Crippen LogP contribution is 2.28. The Bertz CT molecular complexity index is 1190. The van der Waals surface area contributed by atoms with E-state index in [1.165, 1.54) is 23.9 Å². The molecule has 0 radical (unpaired) electrons. The number of carbonyl (C=O) groups is 1. The first kappa shape index (κ1) is 21.6. The number of para-hydroxylation sites is 1. The van der Waals surface area contributed by atoms with Crippen LogP contribution in [0.4, 0.5) is 15.8 Å². The van der Waals surface area contributed by atoms with Gasteiger partial charge in [0.05, 0.1) is 12.3 Å². The lowest BCUT2D eigenvalue weighted by Crippen LogP contribution is -2.15. The molecule has 2 N–H and O–H groups in total. The van der Waals surface area contributed by atoms with Crippen LogP contribution in [0.3, 0.4) is 0 Å². The van der Waals surface area contributed by atoms with Crippen molar-refractivity contribution in [1.29, 1.82) is 0 Å². The van der Waals surface area contributed by atoms with Crippen LogP contribution >= 0.6 is 11.8 Å². The van der Waals surface area contributed by atoms with Crippen molar-refractivity contribution in [1.82, 2.24) is 14.8 Å². The van der Waals surface area contributed by atoms with Gasteiger partial charge in [-0.1, -0.05) is 60.3 Å². The van der Waals surface area contributed by atoms with Crippen LogP contribution in [0.2, 0.25) is 0 Å². The number of amides is 1. The summed E-state index contributed by atoms with van der Waals surface area (Å²) in [7, 11) is 1.85. The largest absolute Gasteiger partial charge is 0.378 e. The maximum atomic E-state index is 13.0. The summed E-state index contributed by atoms with van der Waals surface area (Å²) in [4.78, 5) is 12.6. The highest BCUT2D eigenvalue weighted by Gasteiger charge is 2.13. The minimum atomic E-state index is -0.280. The van der Waals surface area contributed by atoms with Gasteiger partial charge in [-0.25, -0.2) is 4.39 Å². The van der Waals surface area contributed by atoms with Crippen molar-refractivity contribution in [3.8, 4) is 11.1 Å². The van der Waals surface area contributed by atoms with Crippen molar-refractivity contribution in [3.63, 3.8) is 0 Å². The third kappa shape index (κ3) is 5.33. The number of aromatic nitrogens is 3. The molecule has 0 aliphatic carbocycles. The summed E-state index contributed by atoms with van der Waals surface area (Å²) < 4.78 is 14.9. The molecule has 0 unspecified atom stereocenters. The Balaban J connectivity index is 1.35. The quantitative estimate of drug-likeness (QED) is 0.374. The van der Waals surface area contributed by atoms with E-state index in [1.807, 2.05) is 66.2 Å². The normalized spacial score (nSPS) is 10.7. The number of thioether (sulfide) groups is 1. The molecule has 3 aromatic carbocycles. The highest BCUT2D eigenvalue weighted by atomic mass is 32.2. The number of hydrogen-bond acceptors (Lipinski definition) is 5. The lowest BCUT2D eigenvalue weighted by Gasteiger charge is -2.11. The molecule has 0 fully saturated rings. The van der Waals surface area contributed by atoms with Gasteiger partial charge in [0.25, 0.3) is 0 Å². The first-order valence-corrected chi connectivity index (χ1v) is 11.0. The standard InChI is InChI=1S/C24H22FN5OS/c1-30-22(15-26-19-13-11-18(25)12-14-19)28-29-24(30)32-16-23(31)27-21-10-6-5-9-20(21)17-7-3-2-4-8-17/h2-14,26H,15-16H2,1H3,(H,27,31). The van der Waals surface area contributed by atoms with Gasteiger partial charge in [0, 0.05) is 24.0 Å². The molecule has 0 bridgehead atoms. The van der Waals surface area contributed by atoms with Crippen LogP contribution in [0.25, 0.3) is 11.1 Å². The van der Waals surface area contributed by atoms with Crippen molar-refractivity contribution in [2.45, 2.75) is 11.7 Å². The number of benzene rings is 3. The van der Waals surface area contributed by atoms with Crippen LogP contribution in [-0.2, 0) is 18.4 Å². The molecular weight excluding hydrogens is 425 g/mol. The fraction of sp³-hybridized carbons (Fsp3) is 0.125. The van der Waals surface area contributed by atoms with Crippen molar-refractivity contribution >= 4 is 29.0 Å². The van der Waals surface area contributed by atoms with Gasteiger partial charge in [0.2, 0.25) is 5.91 Å². The zero-order valence-corrected chi connectivity index (χ0v) is 18.3. The predicted molar refractivity (Wildman–Crippen MR) is 126 cm³/mol. The van der Waals surface area contributed by atoms with Crippen LogP contribution in [-0.4, -0.2) is 26.4 Å². The van der Waals surface area contributed by atoms with Gasteiger partial charge in [-0.15, -0.1) is 10.2 Å². The second kappa shape index (κ2) is 10.1. The molecule has 1 heterocycles. The lowest BCUT2D eigenvalue weighted by atomic mass is 10.0. The van der Waals surface area contributed by atoms with Gasteiger partial charge in [-0.3, -0.25) is 4.79 Å². The van der Waals surface area contributed by atoms with Crippen LogP contribution in [0, 0.1) is 5.82 Å². The number of nitrogens with zero attached hydrogens (tertiary/aromatic N) is 3. The van der Waals surface area contributed by atoms with E-state index in [4.69, 9.17) is 0 Å². The molecule has 1 aromatic heterocycles. The van der Waals surface area contributed by atoms with E-state index in [0.29, 0.717) is 17.5 Å². The van der Waals surface area contributed by atoms with E-state index in [1.54, 1.807) is 12.1 Å². The minimum Gasteiger partial charge on any atom is -0.378 e. The zero-order chi connectivity index (χ0) is 22.3. The molecule has 1 amide bonds. The highest BCUT2D eigenvalue weighted by molar-refractivity contribution is 7.99. The Morgan fingerprint density at radius 2 is 1.69 bits per heavy atom. The number of hydrogen-bond donors (Lipinski definition) is 2. The molecule has 4 rings (SSSR count). The summed E-state index contributed by atoms with van der Waals surface area (Å²) in [5.41, 5.74) is 3.58. The van der Waals surface area contributed by atoms with Crippen molar-refractivity contribution in [2.75, 3.05) is 16.4 Å². The lowest BCUT2D eigenvalue weighted by molar-refractivity contribution is -0.113. The Kier molecular flexibility index (Phi) is 6.81. The van der Waals surface area contributed by atoms with E-state index < -0.39 is 0 Å². The summed E-state index contributed by atoms with van der Waals surface area (Å²) in [6.45, 7) is 0.437. The summed E-state index contributed by atoms with van der Waals surface area (Å²) in [5.74, 6) is 0.525. The van der Waals surface area contributed by atoms with Gasteiger partial charge in [0.15, 0.2) is 11.0 Å². The fourth-order valence-corrected chi connectivity index (χ4v) is 3.88. The average Bonchev–Trinajstić information content (AvgIpc) is 3.17. The maximum Gasteiger partial charge on any atom is 0.234 e. The van der Waals surface area contributed by atoms with Crippen molar-refractivity contribution < 1.29 is 9.18 Å². The Morgan fingerprint density at radius 3 is 2.47 bits per heavy atom. The molecule has 6 nitrogen and oxygen atoms in total. The molecule has 0 aliphatic rings. The minimum absolute atomic E-state index is 0.118. The van der Waals surface area contributed by atoms with Gasteiger partial charge < -0.3 is 15.2 Å². The smallest absolute Gasteiger partial charge is 0.234 e. The van der Waals surface area contributed by atoms with Crippen molar-refractivity contribution in [3.05, 3.63) is 90.5 Å². The summed E-state index contributed by atoms with van der Waals surface area (Å²) in [5, 5.41) is 15.2. The average molecular weight is 448 g/mol. The molecule has 0 atom stereocenters. The van der Waals surface area contributed by atoms with Gasteiger partial charge in [-0.05, 0) is 35.9 Å². The summed E-state index contributed by atoms with van der Waals surface area (Å²) in [6.07, 6.45) is 0. The molecule has 8 heteroatoms. The molecule has 0 spiro atoms. The van der Waals surface area contributed by atoms with Crippen LogP contribution in [0.15, 0.2) is 84.0 Å². The Hall–Kier alpha value is -3.65. The van der Waals surface area contributed by atoms with E-state index >= 15 is 0 Å². The number of carbonyl (C=O) groups excluding carboxylic acids is 1. The number of nitrogens with one attached hydrogen (secondary N) is 2. The SMILES string of the molecule is Cn1c(CNc2ccc(F)cc2)nnc1SCC(=O)Nc1ccccc1-c1ccccc1. The van der Waals surface area contributed by atoms with Crippen molar-refractivity contribution in [2.24, 2.45) is 7.05 Å². The van der Waals surface area contributed by atoms with Crippen LogP contribution < -0.4 is 10.6 Å². The molecule has 4 aromatic rings. The van der Waals surface area contributed by atoms with E-state index in [2.05, 4.69) is 20.8 Å². The second-order valence-electron chi connectivity index (χ2n) is 7.07. The van der Waals surface area contributed by atoms with Gasteiger partial charge in [0.1, 0.15) is 5.82 Å². The number of anilines is 2. The number of rotatable bonds is 8. The first-order valence-electron chi connectivity index (χ1n) is 10.0. The summed E-state index contributed by atoms with van der Waals surface area (Å²) >= 11 is 1.32. The molecule has 0 saturated heterocycles. The maximum absolute atomic E-state index is 13.0.